The van der Waals surface area contributed by atoms with Crippen LogP contribution in [0, 0.1) is 12.1 Å². The summed E-state index contributed by atoms with van der Waals surface area (Å²) in [5.74, 6) is 0.787. The third kappa shape index (κ3) is 3.84. The number of rotatable bonds is 5. The maximum absolute atomic E-state index is 12.6. The number of benzene rings is 3. The second-order valence-electron chi connectivity index (χ2n) is 6.02. The van der Waals surface area contributed by atoms with Crippen LogP contribution < -0.4 is 10.2 Å². The van der Waals surface area contributed by atoms with Crippen molar-refractivity contribution in [1.29, 1.82) is 0 Å². The molecule has 0 atom stereocenters. The lowest BCUT2D eigenvalue weighted by Gasteiger charge is -2.09. The summed E-state index contributed by atoms with van der Waals surface area (Å²) >= 11 is 0. The van der Waals surface area contributed by atoms with Crippen LogP contribution in [0.2, 0.25) is 0 Å². The fraction of sp³-hybridized carbons (Fsp3) is 0. The molecule has 1 N–H and O–H groups in total. The fourth-order valence-electron chi connectivity index (χ4n) is 2.81. The van der Waals surface area contributed by atoms with Gasteiger partial charge in [0.25, 0.3) is 5.91 Å². The Morgan fingerprint density at radius 3 is 2.64 bits per heavy atom. The molecule has 4 heteroatoms. The lowest BCUT2D eigenvalue weighted by Crippen LogP contribution is -2.18. The maximum atomic E-state index is 12.6. The minimum absolute atomic E-state index is 0.345. The van der Waals surface area contributed by atoms with E-state index in [0.29, 0.717) is 17.1 Å². The number of para-hydroxylation sites is 2. The van der Waals surface area contributed by atoms with Crippen LogP contribution in [0.15, 0.2) is 90.0 Å². The number of nitrogens with zero attached hydrogens (tertiary/aromatic N) is 1. The molecular weight excluding hydrogens is 348 g/mol. The van der Waals surface area contributed by atoms with E-state index >= 15 is 0 Å². The van der Waals surface area contributed by atoms with Crippen molar-refractivity contribution >= 4 is 22.9 Å². The van der Waals surface area contributed by atoms with Crippen LogP contribution in [-0.4, -0.2) is 12.1 Å². The highest BCUT2D eigenvalue weighted by atomic mass is 16.5. The molecular formula is C24H16N2O2. The van der Waals surface area contributed by atoms with Crippen LogP contribution in [0.3, 0.4) is 0 Å². The van der Waals surface area contributed by atoms with Gasteiger partial charge >= 0.3 is 0 Å². The number of hydrogen-bond donors (Lipinski definition) is 1. The molecule has 4 aromatic rings. The van der Waals surface area contributed by atoms with E-state index in [4.69, 9.17) is 4.74 Å². The second kappa shape index (κ2) is 8.07. The molecule has 0 unspecified atom stereocenters. The van der Waals surface area contributed by atoms with E-state index in [-0.39, 0.29) is 5.91 Å². The van der Waals surface area contributed by atoms with Gasteiger partial charge in [-0.15, -0.1) is 0 Å². The van der Waals surface area contributed by atoms with E-state index in [1.54, 1.807) is 30.5 Å². The Kier molecular flexibility index (Phi) is 4.99. The van der Waals surface area contributed by atoms with Gasteiger partial charge in [0.1, 0.15) is 11.5 Å². The summed E-state index contributed by atoms with van der Waals surface area (Å²) in [6.07, 6.45) is 1.62. The lowest BCUT2D eigenvalue weighted by molar-refractivity contribution is 0.0953. The highest BCUT2D eigenvalue weighted by molar-refractivity contribution is 6.01. The zero-order valence-electron chi connectivity index (χ0n) is 14.9. The summed E-state index contributed by atoms with van der Waals surface area (Å²) < 4.78 is 5.83. The molecule has 4 rings (SSSR count). The van der Waals surface area contributed by atoms with E-state index in [2.05, 4.69) is 22.7 Å². The van der Waals surface area contributed by atoms with Gasteiger partial charge in [0.2, 0.25) is 0 Å². The molecule has 28 heavy (non-hydrogen) atoms. The molecule has 1 amide bonds. The third-order valence-electron chi connectivity index (χ3n) is 4.15. The summed E-state index contributed by atoms with van der Waals surface area (Å²) in [6, 6.07) is 31.9. The number of carbonyl (C=O) groups excluding carboxylic acids is 1. The Morgan fingerprint density at radius 1 is 0.929 bits per heavy atom. The molecule has 4 aromatic carbocycles. The second-order valence-corrected chi connectivity index (χ2v) is 6.02. The summed E-state index contributed by atoms with van der Waals surface area (Å²) in [5.41, 5.74) is 3.86. The maximum Gasteiger partial charge on any atom is 0.275 e. The van der Waals surface area contributed by atoms with E-state index in [0.717, 1.165) is 16.3 Å². The number of amides is 1. The van der Waals surface area contributed by atoms with Crippen molar-refractivity contribution in [2.45, 2.75) is 0 Å². The Bertz CT molecular complexity index is 1130. The molecule has 0 spiro atoms. The first-order chi connectivity index (χ1) is 13.8. The van der Waals surface area contributed by atoms with Crippen molar-refractivity contribution in [2.24, 2.45) is 5.10 Å². The molecule has 0 aliphatic heterocycles. The van der Waals surface area contributed by atoms with Crippen molar-refractivity contribution < 1.29 is 9.53 Å². The predicted octanol–water partition coefficient (Wildman–Crippen LogP) is 5.00. The average Bonchev–Trinajstić information content (AvgIpc) is 2.75. The molecule has 0 saturated carbocycles. The number of fused-ring (bicyclic) bond motifs is 1. The monoisotopic (exact) mass is 364 g/mol. The van der Waals surface area contributed by atoms with E-state index in [9.17, 15) is 4.79 Å². The molecule has 0 bridgehead atoms. The van der Waals surface area contributed by atoms with Crippen LogP contribution in [0.1, 0.15) is 15.9 Å². The number of hydrogen-bond acceptors (Lipinski definition) is 3. The van der Waals surface area contributed by atoms with Crippen LogP contribution >= 0.6 is 0 Å². The molecule has 0 saturated heterocycles. The molecule has 0 heterocycles. The lowest BCUT2D eigenvalue weighted by atomic mass is 10.1. The minimum atomic E-state index is -0.345. The summed E-state index contributed by atoms with van der Waals surface area (Å²) in [6.45, 7) is 0. The molecule has 134 valence electrons. The smallest absolute Gasteiger partial charge is 0.275 e. The Balaban J connectivity index is 1.52. The van der Waals surface area contributed by atoms with E-state index < -0.39 is 0 Å². The SMILES string of the molecule is O=C(N/N=C/c1cccc2c#cccc12)c1ccccc1Oc1ccccc1. The minimum Gasteiger partial charge on any atom is -0.457 e. The van der Waals surface area contributed by atoms with Crippen LogP contribution in [-0.2, 0) is 0 Å². The van der Waals surface area contributed by atoms with Gasteiger partial charge in [0.05, 0.1) is 11.8 Å². The van der Waals surface area contributed by atoms with Gasteiger partial charge in [0, 0.05) is 10.9 Å². The largest absolute Gasteiger partial charge is 0.457 e. The van der Waals surface area contributed by atoms with Crippen LogP contribution in [0.25, 0.3) is 10.8 Å². The molecule has 0 radical (unpaired) electrons. The zero-order valence-corrected chi connectivity index (χ0v) is 14.9. The van der Waals surface area contributed by atoms with Crippen molar-refractivity contribution in [3.05, 3.63) is 108 Å². The van der Waals surface area contributed by atoms with Crippen molar-refractivity contribution in [2.75, 3.05) is 0 Å². The molecule has 0 aliphatic rings. The molecule has 4 nitrogen and oxygen atoms in total. The van der Waals surface area contributed by atoms with E-state index in [1.165, 1.54) is 0 Å². The Labute approximate surface area is 163 Å². The first kappa shape index (κ1) is 17.3. The van der Waals surface area contributed by atoms with Crippen molar-refractivity contribution in [3.63, 3.8) is 0 Å². The van der Waals surface area contributed by atoms with Gasteiger partial charge in [-0.25, -0.2) is 5.43 Å². The van der Waals surface area contributed by atoms with E-state index in [1.807, 2.05) is 60.7 Å². The van der Waals surface area contributed by atoms with Gasteiger partial charge in [0.15, 0.2) is 0 Å². The first-order valence-corrected chi connectivity index (χ1v) is 8.78. The number of nitrogens with one attached hydrogen (secondary N) is 1. The summed E-state index contributed by atoms with van der Waals surface area (Å²) in [5, 5.41) is 6.05. The molecule has 0 fully saturated rings. The van der Waals surface area contributed by atoms with Gasteiger partial charge < -0.3 is 4.74 Å². The van der Waals surface area contributed by atoms with Crippen LogP contribution in [0.5, 0.6) is 11.5 Å². The molecule has 0 aliphatic carbocycles. The fourth-order valence-corrected chi connectivity index (χ4v) is 2.81. The van der Waals surface area contributed by atoms with Crippen molar-refractivity contribution in [1.82, 2.24) is 5.43 Å². The highest BCUT2D eigenvalue weighted by Gasteiger charge is 2.12. The normalized spacial score (nSPS) is 10.6. The van der Waals surface area contributed by atoms with Gasteiger partial charge in [-0.3, -0.25) is 4.79 Å². The average molecular weight is 364 g/mol. The Morgan fingerprint density at radius 2 is 1.75 bits per heavy atom. The third-order valence-corrected chi connectivity index (χ3v) is 4.15. The molecule has 0 aromatic heterocycles. The highest BCUT2D eigenvalue weighted by Crippen LogP contribution is 2.25. The topological polar surface area (TPSA) is 50.7 Å². The number of carbonyl (C=O) groups is 1. The van der Waals surface area contributed by atoms with Gasteiger partial charge in [-0.05, 0) is 47.9 Å². The standard InChI is InChI=1S/C24H16N2O2/c27-24(22-15-6-7-16-23(22)28-20-12-2-1-3-13-20)26-25-17-19-11-8-10-18-9-4-5-14-21(18)19/h1-3,5-8,10-17H,(H,26,27)/b25-17+. The summed E-state index contributed by atoms with van der Waals surface area (Å²) in [4.78, 5) is 12.6. The van der Waals surface area contributed by atoms with Crippen LogP contribution in [0.4, 0.5) is 0 Å². The number of ether oxygens (including phenoxy) is 1. The number of hydrazone groups is 1. The van der Waals surface area contributed by atoms with Gasteiger partial charge in [-0.1, -0.05) is 54.6 Å². The van der Waals surface area contributed by atoms with Gasteiger partial charge in [-0.2, -0.15) is 5.10 Å². The Hall–Kier alpha value is -4.10. The zero-order chi connectivity index (χ0) is 19.2. The van der Waals surface area contributed by atoms with Crippen molar-refractivity contribution in [3.8, 4) is 11.5 Å². The quantitative estimate of drug-likeness (QED) is 0.400. The predicted molar refractivity (Wildman–Crippen MR) is 110 cm³/mol. The first-order valence-electron chi connectivity index (χ1n) is 8.78. The summed E-state index contributed by atoms with van der Waals surface area (Å²) in [7, 11) is 0.